The molecule has 0 bridgehead atoms. The number of thiocarbonyl (C=S) groups is 1. The molecule has 4 heteroatoms. The summed E-state index contributed by atoms with van der Waals surface area (Å²) < 4.78 is 0. The Morgan fingerprint density at radius 1 is 1.90 bits per heavy atom. The van der Waals surface area contributed by atoms with Crippen molar-refractivity contribution in [3.8, 4) is 0 Å². The second kappa shape index (κ2) is 5.09. The summed E-state index contributed by atoms with van der Waals surface area (Å²) in [7, 11) is 0. The molecule has 0 aromatic rings. The third-order valence-electron chi connectivity index (χ3n) is 1.22. The highest BCUT2D eigenvalue weighted by molar-refractivity contribution is 7.78. The van der Waals surface area contributed by atoms with Crippen LogP contribution < -0.4 is 0 Å². The molecule has 0 fully saturated rings. The van der Waals surface area contributed by atoms with E-state index in [1.807, 2.05) is 0 Å². The first-order valence-electron chi connectivity index (χ1n) is 2.98. The smallest absolute Gasteiger partial charge is 0.308 e. The molecule has 3 nitrogen and oxygen atoms in total. The summed E-state index contributed by atoms with van der Waals surface area (Å²) in [5.74, 6) is -1.23. The number of nitrogens with zero attached hydrogens (tertiary/aromatic N) is 1. The maximum atomic E-state index is 10.3. The van der Waals surface area contributed by atoms with Crippen molar-refractivity contribution >= 4 is 23.3 Å². The van der Waals surface area contributed by atoms with Crippen molar-refractivity contribution in [2.45, 2.75) is 13.3 Å². The van der Waals surface area contributed by atoms with Crippen LogP contribution in [-0.4, -0.2) is 22.8 Å². The van der Waals surface area contributed by atoms with Gasteiger partial charge in [0.15, 0.2) is 0 Å². The molecule has 0 spiro atoms. The molecule has 1 atom stereocenters. The quantitative estimate of drug-likeness (QED) is 0.495. The second-order valence-electron chi connectivity index (χ2n) is 1.88. The lowest BCUT2D eigenvalue weighted by Gasteiger charge is -2.02. The Kier molecular flexibility index (Phi) is 4.72. The van der Waals surface area contributed by atoms with Crippen molar-refractivity contribution in [2.75, 3.05) is 6.54 Å². The van der Waals surface area contributed by atoms with Crippen LogP contribution in [0.5, 0.6) is 0 Å². The van der Waals surface area contributed by atoms with Crippen molar-refractivity contribution in [1.82, 2.24) is 0 Å². The fraction of sp³-hybridized carbons (Fsp3) is 0.667. The lowest BCUT2D eigenvalue weighted by atomic mass is 10.1. The van der Waals surface area contributed by atoms with Gasteiger partial charge in [0.2, 0.25) is 0 Å². The normalized spacial score (nSPS) is 11.7. The number of carbonyl (C=O) groups is 1. The molecule has 0 aliphatic carbocycles. The summed E-state index contributed by atoms with van der Waals surface area (Å²) in [5, 5.41) is 10.6. The highest BCUT2D eigenvalue weighted by Crippen LogP contribution is 2.01. The predicted octanol–water partition coefficient (Wildman–Crippen LogP) is 1.20. The van der Waals surface area contributed by atoms with E-state index in [-0.39, 0.29) is 6.54 Å². The molecule has 0 amide bonds. The van der Waals surface area contributed by atoms with Crippen molar-refractivity contribution in [1.29, 1.82) is 0 Å². The van der Waals surface area contributed by atoms with Crippen molar-refractivity contribution in [2.24, 2.45) is 10.9 Å². The maximum Gasteiger partial charge on any atom is 0.308 e. The highest BCUT2D eigenvalue weighted by Gasteiger charge is 2.12. The molecule has 1 unspecified atom stereocenters. The summed E-state index contributed by atoms with van der Waals surface area (Å²) in [6.07, 6.45) is 0.579. The van der Waals surface area contributed by atoms with Crippen molar-refractivity contribution in [3.05, 3.63) is 0 Å². The van der Waals surface area contributed by atoms with Gasteiger partial charge in [-0.15, -0.1) is 0 Å². The monoisotopic (exact) mass is 159 g/mol. The SMILES string of the molecule is CCC(CN=C=S)C(=O)O. The van der Waals surface area contributed by atoms with Gasteiger partial charge in [-0.1, -0.05) is 6.92 Å². The third kappa shape index (κ3) is 3.33. The first-order chi connectivity index (χ1) is 4.72. The van der Waals surface area contributed by atoms with Gasteiger partial charge in [0.05, 0.1) is 17.6 Å². The number of aliphatic imine (C=N–C) groups is 1. The van der Waals surface area contributed by atoms with Crippen LogP contribution in [0.1, 0.15) is 13.3 Å². The number of isothiocyanates is 1. The third-order valence-corrected chi connectivity index (χ3v) is 1.35. The van der Waals surface area contributed by atoms with Gasteiger partial charge in [-0.05, 0) is 18.6 Å². The highest BCUT2D eigenvalue weighted by atomic mass is 32.1. The van der Waals surface area contributed by atoms with Crippen LogP contribution in [0.2, 0.25) is 0 Å². The fourth-order valence-corrected chi connectivity index (χ4v) is 0.604. The number of aliphatic carboxylic acids is 1. The molecule has 0 aromatic heterocycles. The molecule has 10 heavy (non-hydrogen) atoms. The average Bonchev–Trinajstić information content (AvgIpc) is 1.89. The van der Waals surface area contributed by atoms with E-state index >= 15 is 0 Å². The molecular weight excluding hydrogens is 150 g/mol. The van der Waals surface area contributed by atoms with Gasteiger partial charge in [0, 0.05) is 0 Å². The van der Waals surface area contributed by atoms with Gasteiger partial charge in [-0.2, -0.15) is 0 Å². The van der Waals surface area contributed by atoms with Crippen molar-refractivity contribution in [3.63, 3.8) is 0 Å². The van der Waals surface area contributed by atoms with Gasteiger partial charge in [0.25, 0.3) is 0 Å². The van der Waals surface area contributed by atoms with Gasteiger partial charge in [-0.3, -0.25) is 4.79 Å². The first kappa shape index (κ1) is 9.27. The number of rotatable bonds is 4. The minimum atomic E-state index is -0.823. The second-order valence-corrected chi connectivity index (χ2v) is 2.06. The van der Waals surface area contributed by atoms with E-state index in [4.69, 9.17) is 5.11 Å². The van der Waals surface area contributed by atoms with Crippen LogP contribution in [0.4, 0.5) is 0 Å². The number of carboxylic acid groups (broad SMARTS) is 1. The Bertz CT molecular complexity index is 163. The van der Waals surface area contributed by atoms with E-state index in [2.05, 4.69) is 22.4 Å². The Labute approximate surface area is 64.8 Å². The van der Waals surface area contributed by atoms with E-state index in [1.165, 1.54) is 0 Å². The lowest BCUT2D eigenvalue weighted by molar-refractivity contribution is -0.141. The summed E-state index contributed by atoms with van der Waals surface area (Å²) in [4.78, 5) is 13.9. The predicted molar refractivity (Wildman–Crippen MR) is 41.3 cm³/mol. The Morgan fingerprint density at radius 3 is 2.80 bits per heavy atom. The fourth-order valence-electron chi connectivity index (χ4n) is 0.529. The molecule has 0 heterocycles. The standard InChI is InChI=1S/C6H9NO2S/c1-2-5(6(8)9)3-7-4-10/h5H,2-3H2,1H3,(H,8,9). The molecule has 0 radical (unpaired) electrons. The first-order valence-corrected chi connectivity index (χ1v) is 3.39. The number of hydrogen-bond donors (Lipinski definition) is 1. The molecular formula is C6H9NO2S. The molecule has 0 saturated carbocycles. The Balaban J connectivity index is 3.82. The van der Waals surface area contributed by atoms with Gasteiger partial charge >= 0.3 is 5.97 Å². The topological polar surface area (TPSA) is 49.7 Å². The lowest BCUT2D eigenvalue weighted by Crippen LogP contribution is -2.15. The van der Waals surface area contributed by atoms with Crippen LogP contribution in [0.25, 0.3) is 0 Å². The van der Waals surface area contributed by atoms with Crippen LogP contribution in [0.3, 0.4) is 0 Å². The van der Waals surface area contributed by atoms with Gasteiger partial charge in [-0.25, -0.2) is 4.99 Å². The summed E-state index contributed by atoms with van der Waals surface area (Å²) >= 11 is 4.30. The number of carboxylic acids is 1. The van der Waals surface area contributed by atoms with E-state index in [0.29, 0.717) is 6.42 Å². The van der Waals surface area contributed by atoms with E-state index < -0.39 is 11.9 Å². The van der Waals surface area contributed by atoms with Crippen LogP contribution in [0.15, 0.2) is 4.99 Å². The minimum absolute atomic E-state index is 0.245. The summed E-state index contributed by atoms with van der Waals surface area (Å²) in [6, 6.07) is 0. The molecule has 1 N–H and O–H groups in total. The summed E-state index contributed by atoms with van der Waals surface area (Å²) in [5.41, 5.74) is 0. The minimum Gasteiger partial charge on any atom is -0.481 e. The molecule has 56 valence electrons. The van der Waals surface area contributed by atoms with E-state index in [9.17, 15) is 4.79 Å². The molecule has 0 aliphatic heterocycles. The molecule has 0 aliphatic rings. The van der Waals surface area contributed by atoms with Gasteiger partial charge < -0.3 is 5.11 Å². The van der Waals surface area contributed by atoms with Crippen LogP contribution in [0, 0.1) is 5.92 Å². The zero-order valence-electron chi connectivity index (χ0n) is 5.70. The average molecular weight is 159 g/mol. The zero-order chi connectivity index (χ0) is 7.98. The van der Waals surface area contributed by atoms with Gasteiger partial charge in [0.1, 0.15) is 0 Å². The van der Waals surface area contributed by atoms with Crippen LogP contribution in [-0.2, 0) is 4.79 Å². The molecule has 0 saturated heterocycles. The van der Waals surface area contributed by atoms with Crippen molar-refractivity contribution < 1.29 is 9.90 Å². The molecule has 0 aromatic carbocycles. The Hall–Kier alpha value is -0.730. The van der Waals surface area contributed by atoms with Crippen LogP contribution >= 0.6 is 12.2 Å². The Morgan fingerprint density at radius 2 is 2.50 bits per heavy atom. The summed E-state index contributed by atoms with van der Waals surface area (Å²) in [6.45, 7) is 2.05. The number of hydrogen-bond acceptors (Lipinski definition) is 3. The maximum absolute atomic E-state index is 10.3. The van der Waals surface area contributed by atoms with E-state index in [1.54, 1.807) is 6.92 Å². The largest absolute Gasteiger partial charge is 0.481 e. The molecule has 0 rings (SSSR count). The zero-order valence-corrected chi connectivity index (χ0v) is 6.52. The van der Waals surface area contributed by atoms with E-state index in [0.717, 1.165) is 0 Å².